The van der Waals surface area contributed by atoms with E-state index in [4.69, 9.17) is 5.26 Å². The van der Waals surface area contributed by atoms with Crippen LogP contribution in [-0.4, -0.2) is 32.3 Å². The van der Waals surface area contributed by atoms with Crippen molar-refractivity contribution in [2.45, 2.75) is 32.0 Å². The fourth-order valence-electron chi connectivity index (χ4n) is 2.83. The molecule has 1 saturated heterocycles. The average Bonchev–Trinajstić information content (AvgIpc) is 3.12. The van der Waals surface area contributed by atoms with Crippen molar-refractivity contribution in [3.8, 4) is 6.07 Å². The summed E-state index contributed by atoms with van der Waals surface area (Å²) in [6.07, 6.45) is 5.76. The van der Waals surface area contributed by atoms with Gasteiger partial charge in [0.05, 0.1) is 18.2 Å². The topological polar surface area (TPSA) is 57.7 Å². The van der Waals surface area contributed by atoms with Crippen LogP contribution in [0.15, 0.2) is 36.9 Å². The third-order valence-corrected chi connectivity index (χ3v) is 3.81. The van der Waals surface area contributed by atoms with E-state index in [1.54, 1.807) is 12.7 Å². The first-order valence-electron chi connectivity index (χ1n) is 6.90. The van der Waals surface area contributed by atoms with Crippen molar-refractivity contribution in [3.63, 3.8) is 0 Å². The molecular formula is C15H17N5. The molecule has 5 nitrogen and oxygen atoms in total. The smallest absolute Gasteiger partial charge is 0.137 e. The van der Waals surface area contributed by atoms with Gasteiger partial charge in [0, 0.05) is 12.6 Å². The molecular weight excluding hydrogens is 250 g/mol. The summed E-state index contributed by atoms with van der Waals surface area (Å²) in [4.78, 5) is 6.46. The molecule has 5 heteroatoms. The van der Waals surface area contributed by atoms with Crippen molar-refractivity contribution in [2.75, 3.05) is 6.54 Å². The van der Waals surface area contributed by atoms with Gasteiger partial charge < -0.3 is 0 Å². The Morgan fingerprint density at radius 2 is 2.35 bits per heavy atom. The summed E-state index contributed by atoms with van der Waals surface area (Å²) in [5, 5.41) is 13.1. The first-order valence-corrected chi connectivity index (χ1v) is 6.90. The van der Waals surface area contributed by atoms with Crippen molar-refractivity contribution in [3.05, 3.63) is 48.0 Å². The quantitative estimate of drug-likeness (QED) is 0.847. The Bertz CT molecular complexity index is 599. The second-order valence-corrected chi connectivity index (χ2v) is 5.20. The summed E-state index contributed by atoms with van der Waals surface area (Å²) in [6.45, 7) is 2.89. The monoisotopic (exact) mass is 267 g/mol. The average molecular weight is 267 g/mol. The molecule has 0 radical (unpaired) electrons. The number of aromatic nitrogens is 3. The minimum absolute atomic E-state index is 0.502. The maximum Gasteiger partial charge on any atom is 0.137 e. The molecule has 3 rings (SSSR count). The Balaban J connectivity index is 1.68. The van der Waals surface area contributed by atoms with Crippen LogP contribution < -0.4 is 0 Å². The second-order valence-electron chi connectivity index (χ2n) is 5.20. The second kappa shape index (κ2) is 5.85. The van der Waals surface area contributed by atoms with E-state index in [0.717, 1.165) is 25.2 Å². The van der Waals surface area contributed by atoms with Crippen molar-refractivity contribution in [1.29, 1.82) is 5.26 Å². The largest absolute Gasteiger partial charge is 0.294 e. The van der Waals surface area contributed by atoms with Crippen molar-refractivity contribution in [2.24, 2.45) is 0 Å². The predicted octanol–water partition coefficient (Wildman–Crippen LogP) is 1.81. The number of hydrogen-bond acceptors (Lipinski definition) is 4. The minimum Gasteiger partial charge on any atom is -0.294 e. The number of nitriles is 1. The van der Waals surface area contributed by atoms with Gasteiger partial charge >= 0.3 is 0 Å². The molecule has 0 saturated carbocycles. The van der Waals surface area contributed by atoms with E-state index >= 15 is 0 Å². The number of likely N-dealkylation sites (tertiary alicyclic amines) is 1. The molecule has 0 N–H and O–H groups in total. The third kappa shape index (κ3) is 2.86. The molecule has 102 valence electrons. The predicted molar refractivity (Wildman–Crippen MR) is 74.6 cm³/mol. The van der Waals surface area contributed by atoms with E-state index in [0.29, 0.717) is 6.04 Å². The van der Waals surface area contributed by atoms with Gasteiger partial charge in [-0.15, -0.1) is 0 Å². The Morgan fingerprint density at radius 1 is 1.40 bits per heavy atom. The highest BCUT2D eigenvalue weighted by Gasteiger charge is 2.25. The van der Waals surface area contributed by atoms with Gasteiger partial charge in [0.15, 0.2) is 0 Å². The zero-order valence-electron chi connectivity index (χ0n) is 11.3. The Labute approximate surface area is 118 Å². The van der Waals surface area contributed by atoms with Crippen molar-refractivity contribution >= 4 is 0 Å². The van der Waals surface area contributed by atoms with Crippen LogP contribution in [0.2, 0.25) is 0 Å². The van der Waals surface area contributed by atoms with Gasteiger partial charge in [-0.05, 0) is 37.1 Å². The molecule has 0 unspecified atom stereocenters. The Hall–Kier alpha value is -2.19. The maximum absolute atomic E-state index is 8.96. The van der Waals surface area contributed by atoms with Gasteiger partial charge in [0.25, 0.3) is 0 Å². The number of nitrogens with zero attached hydrogens (tertiary/aromatic N) is 5. The molecule has 2 heterocycles. The highest BCUT2D eigenvalue weighted by molar-refractivity contribution is 5.32. The van der Waals surface area contributed by atoms with E-state index in [-0.39, 0.29) is 0 Å². The molecule has 1 aromatic heterocycles. The van der Waals surface area contributed by atoms with Crippen molar-refractivity contribution < 1.29 is 0 Å². The molecule has 1 aliphatic heterocycles. The molecule has 1 aliphatic rings. The summed E-state index contributed by atoms with van der Waals surface area (Å²) < 4.78 is 1.90. The van der Waals surface area contributed by atoms with E-state index in [2.05, 4.69) is 27.1 Å². The molecule has 2 aromatic rings. The van der Waals surface area contributed by atoms with Gasteiger partial charge in [-0.2, -0.15) is 10.4 Å². The lowest BCUT2D eigenvalue weighted by molar-refractivity contribution is 0.219. The normalized spacial score (nSPS) is 19.1. The standard InChI is InChI=1S/C15H17N5/c16-8-13-3-1-4-14(7-13)9-19-6-2-5-15(19)10-20-12-17-11-18-20/h1,3-4,7,11-12,15H,2,5-6,9-10H2/t15-/m0/s1. The molecule has 0 spiro atoms. The van der Waals surface area contributed by atoms with Gasteiger partial charge in [-0.1, -0.05) is 12.1 Å². The highest BCUT2D eigenvalue weighted by atomic mass is 15.3. The van der Waals surface area contributed by atoms with Crippen LogP contribution in [0, 0.1) is 11.3 Å². The number of benzene rings is 1. The fraction of sp³-hybridized carbons (Fsp3) is 0.400. The molecule has 0 bridgehead atoms. The van der Waals surface area contributed by atoms with Crippen LogP contribution in [0.25, 0.3) is 0 Å². The highest BCUT2D eigenvalue weighted by Crippen LogP contribution is 2.21. The van der Waals surface area contributed by atoms with Crippen LogP contribution in [0.4, 0.5) is 0 Å². The lowest BCUT2D eigenvalue weighted by Crippen LogP contribution is -2.32. The summed E-state index contributed by atoms with van der Waals surface area (Å²) >= 11 is 0. The number of hydrogen-bond donors (Lipinski definition) is 0. The van der Waals surface area contributed by atoms with Crippen LogP contribution in [0.3, 0.4) is 0 Å². The third-order valence-electron chi connectivity index (χ3n) is 3.81. The Morgan fingerprint density at radius 3 is 3.15 bits per heavy atom. The molecule has 0 aliphatic carbocycles. The van der Waals surface area contributed by atoms with E-state index in [1.165, 1.54) is 18.4 Å². The first-order chi connectivity index (χ1) is 9.85. The zero-order valence-corrected chi connectivity index (χ0v) is 11.3. The Kier molecular flexibility index (Phi) is 3.75. The van der Waals surface area contributed by atoms with Gasteiger partial charge in [0.1, 0.15) is 12.7 Å². The lowest BCUT2D eigenvalue weighted by atomic mass is 10.1. The molecule has 20 heavy (non-hydrogen) atoms. The molecule has 1 aromatic carbocycles. The van der Waals surface area contributed by atoms with Gasteiger partial charge in [-0.3, -0.25) is 9.58 Å². The van der Waals surface area contributed by atoms with Gasteiger partial charge in [-0.25, -0.2) is 4.98 Å². The van der Waals surface area contributed by atoms with Gasteiger partial charge in [0.2, 0.25) is 0 Å². The molecule has 1 atom stereocenters. The first kappa shape index (κ1) is 12.8. The van der Waals surface area contributed by atoms with E-state index < -0.39 is 0 Å². The van der Waals surface area contributed by atoms with Crippen LogP contribution in [0.5, 0.6) is 0 Å². The van der Waals surface area contributed by atoms with E-state index in [9.17, 15) is 0 Å². The summed E-state index contributed by atoms with van der Waals surface area (Å²) in [7, 11) is 0. The number of rotatable bonds is 4. The van der Waals surface area contributed by atoms with Crippen LogP contribution in [0.1, 0.15) is 24.0 Å². The summed E-state index contributed by atoms with van der Waals surface area (Å²) in [5.74, 6) is 0. The van der Waals surface area contributed by atoms with Crippen LogP contribution >= 0.6 is 0 Å². The molecule has 1 fully saturated rings. The summed E-state index contributed by atoms with van der Waals surface area (Å²) in [5.41, 5.74) is 1.93. The fourth-order valence-corrected chi connectivity index (χ4v) is 2.83. The SMILES string of the molecule is N#Cc1cccc(CN2CCC[C@H]2Cn2cncn2)c1. The summed E-state index contributed by atoms with van der Waals surface area (Å²) in [6, 6.07) is 10.6. The zero-order chi connectivity index (χ0) is 13.8. The molecule has 0 amide bonds. The van der Waals surface area contributed by atoms with Crippen molar-refractivity contribution in [1.82, 2.24) is 19.7 Å². The lowest BCUT2D eigenvalue weighted by Gasteiger charge is -2.24. The minimum atomic E-state index is 0.502. The van der Waals surface area contributed by atoms with Crippen LogP contribution in [-0.2, 0) is 13.1 Å². The maximum atomic E-state index is 8.96. The van der Waals surface area contributed by atoms with E-state index in [1.807, 2.05) is 22.9 Å².